The molecule has 0 unspecified atom stereocenters. The number of piperidine rings is 1. The number of anilines is 1. The smallest absolute Gasteiger partial charge is 0.255 e. The molecular weight excluding hydrogens is 280 g/mol. The maximum absolute atomic E-state index is 12.2. The van der Waals surface area contributed by atoms with Gasteiger partial charge in [-0.15, -0.1) is 0 Å². The summed E-state index contributed by atoms with van der Waals surface area (Å²) < 4.78 is 5.95. The Morgan fingerprint density at radius 2 is 1.95 bits per heavy atom. The molecule has 0 atom stereocenters. The van der Waals surface area contributed by atoms with Gasteiger partial charge in [-0.3, -0.25) is 9.78 Å². The third-order valence-electron chi connectivity index (χ3n) is 3.53. The molecule has 2 aromatic heterocycles. The lowest BCUT2D eigenvalue weighted by Crippen LogP contribution is -2.34. The monoisotopic (exact) mass is 298 g/mol. The van der Waals surface area contributed by atoms with Gasteiger partial charge in [0.25, 0.3) is 5.91 Å². The Hall–Kier alpha value is -2.47. The van der Waals surface area contributed by atoms with Gasteiger partial charge in [-0.2, -0.15) is 0 Å². The zero-order valence-corrected chi connectivity index (χ0v) is 12.2. The number of amides is 1. The van der Waals surface area contributed by atoms with Crippen LogP contribution in [0.25, 0.3) is 0 Å². The first kappa shape index (κ1) is 14.5. The van der Waals surface area contributed by atoms with Gasteiger partial charge in [0.1, 0.15) is 11.8 Å². The number of hydrogen-bond acceptors (Lipinski definition) is 5. The first-order chi connectivity index (χ1) is 10.8. The summed E-state index contributed by atoms with van der Waals surface area (Å²) in [5.41, 5.74) is 1.13. The fourth-order valence-corrected chi connectivity index (χ4v) is 2.35. The Labute approximate surface area is 128 Å². The summed E-state index contributed by atoms with van der Waals surface area (Å²) in [5, 5.41) is 6.14. The molecule has 114 valence electrons. The Balaban J connectivity index is 1.72. The van der Waals surface area contributed by atoms with E-state index < -0.39 is 0 Å². The summed E-state index contributed by atoms with van der Waals surface area (Å²) in [7, 11) is 0. The summed E-state index contributed by atoms with van der Waals surface area (Å²) in [6.45, 7) is 1.88. The van der Waals surface area contributed by atoms with Crippen LogP contribution >= 0.6 is 0 Å². The van der Waals surface area contributed by atoms with Gasteiger partial charge in [-0.05, 0) is 50.2 Å². The van der Waals surface area contributed by atoms with Crippen molar-refractivity contribution in [2.24, 2.45) is 0 Å². The average molecular weight is 298 g/mol. The van der Waals surface area contributed by atoms with Crippen LogP contribution in [0.3, 0.4) is 0 Å². The Bertz CT molecular complexity index is 627. The van der Waals surface area contributed by atoms with Crippen LogP contribution in [-0.4, -0.2) is 35.1 Å². The molecule has 0 aromatic carbocycles. The number of nitrogens with zero attached hydrogens (tertiary/aromatic N) is 2. The minimum absolute atomic E-state index is 0.132. The highest BCUT2D eigenvalue weighted by atomic mass is 16.5. The number of nitrogens with one attached hydrogen (secondary N) is 2. The predicted octanol–water partition coefficient (Wildman–Crippen LogP) is 1.86. The van der Waals surface area contributed by atoms with E-state index in [0.29, 0.717) is 17.1 Å². The lowest BCUT2D eigenvalue weighted by Gasteiger charge is -2.24. The number of aromatic nitrogens is 2. The maximum atomic E-state index is 12.2. The Kier molecular flexibility index (Phi) is 4.60. The standard InChI is InChI=1S/C16H18N4O2/c21-15(12-3-8-17-9-4-12)20-14-2-1-7-19-16(14)22-13-5-10-18-11-6-13/h1-4,7-9,13,18H,5-6,10-11H2,(H,20,21). The molecule has 3 heterocycles. The van der Waals surface area contributed by atoms with Gasteiger partial charge in [0, 0.05) is 24.2 Å². The molecule has 1 fully saturated rings. The highest BCUT2D eigenvalue weighted by molar-refractivity contribution is 6.04. The van der Waals surface area contributed by atoms with Crippen molar-refractivity contribution in [2.45, 2.75) is 18.9 Å². The molecule has 2 aromatic rings. The number of carbonyl (C=O) groups excluding carboxylic acids is 1. The van der Waals surface area contributed by atoms with Crippen molar-refractivity contribution in [1.82, 2.24) is 15.3 Å². The number of ether oxygens (including phenoxy) is 1. The highest BCUT2D eigenvalue weighted by Crippen LogP contribution is 2.24. The molecule has 1 saturated heterocycles. The van der Waals surface area contributed by atoms with Crippen LogP contribution in [0.1, 0.15) is 23.2 Å². The lowest BCUT2D eigenvalue weighted by atomic mass is 10.1. The van der Waals surface area contributed by atoms with Gasteiger partial charge in [0.05, 0.1) is 0 Å². The molecule has 1 aliphatic heterocycles. The molecule has 1 amide bonds. The van der Waals surface area contributed by atoms with E-state index in [0.717, 1.165) is 25.9 Å². The number of carbonyl (C=O) groups is 1. The van der Waals surface area contributed by atoms with E-state index in [-0.39, 0.29) is 12.0 Å². The minimum atomic E-state index is -0.203. The summed E-state index contributed by atoms with van der Waals surface area (Å²) >= 11 is 0. The normalized spacial score (nSPS) is 15.3. The van der Waals surface area contributed by atoms with Crippen LogP contribution < -0.4 is 15.4 Å². The van der Waals surface area contributed by atoms with Crippen molar-refractivity contribution >= 4 is 11.6 Å². The molecule has 0 saturated carbocycles. The summed E-state index contributed by atoms with van der Waals surface area (Å²) in [6, 6.07) is 6.90. The van der Waals surface area contributed by atoms with Gasteiger partial charge in [-0.25, -0.2) is 4.98 Å². The fourth-order valence-electron chi connectivity index (χ4n) is 2.35. The summed E-state index contributed by atoms with van der Waals surface area (Å²) in [5.74, 6) is 0.266. The minimum Gasteiger partial charge on any atom is -0.473 e. The van der Waals surface area contributed by atoms with E-state index in [9.17, 15) is 4.79 Å². The Morgan fingerprint density at radius 3 is 2.73 bits per heavy atom. The van der Waals surface area contributed by atoms with Crippen LogP contribution in [0.15, 0.2) is 42.9 Å². The zero-order valence-electron chi connectivity index (χ0n) is 12.2. The topological polar surface area (TPSA) is 76.1 Å². The SMILES string of the molecule is O=C(Nc1cccnc1OC1CCNCC1)c1ccncc1. The van der Waals surface area contributed by atoms with Crippen LogP contribution in [0, 0.1) is 0 Å². The van der Waals surface area contributed by atoms with E-state index in [1.54, 1.807) is 42.9 Å². The number of pyridine rings is 2. The van der Waals surface area contributed by atoms with E-state index in [2.05, 4.69) is 20.6 Å². The second-order valence-corrected chi connectivity index (χ2v) is 5.11. The maximum Gasteiger partial charge on any atom is 0.255 e. The number of hydrogen-bond donors (Lipinski definition) is 2. The predicted molar refractivity (Wildman–Crippen MR) is 82.9 cm³/mol. The van der Waals surface area contributed by atoms with Gasteiger partial charge >= 0.3 is 0 Å². The molecule has 22 heavy (non-hydrogen) atoms. The van der Waals surface area contributed by atoms with Crippen LogP contribution in [-0.2, 0) is 0 Å². The van der Waals surface area contributed by atoms with Crippen molar-refractivity contribution in [3.63, 3.8) is 0 Å². The fraction of sp³-hybridized carbons (Fsp3) is 0.312. The zero-order chi connectivity index (χ0) is 15.2. The van der Waals surface area contributed by atoms with E-state index in [4.69, 9.17) is 4.74 Å². The van der Waals surface area contributed by atoms with Crippen molar-refractivity contribution in [1.29, 1.82) is 0 Å². The molecule has 0 spiro atoms. The first-order valence-electron chi connectivity index (χ1n) is 7.37. The van der Waals surface area contributed by atoms with Gasteiger partial charge in [-0.1, -0.05) is 0 Å². The molecule has 6 heteroatoms. The third-order valence-corrected chi connectivity index (χ3v) is 3.53. The molecule has 0 aliphatic carbocycles. The van der Waals surface area contributed by atoms with Gasteiger partial charge < -0.3 is 15.4 Å². The van der Waals surface area contributed by atoms with Crippen molar-refractivity contribution in [3.8, 4) is 5.88 Å². The molecule has 2 N–H and O–H groups in total. The third kappa shape index (κ3) is 3.59. The summed E-state index contributed by atoms with van der Waals surface area (Å²) in [6.07, 6.45) is 6.85. The molecular formula is C16H18N4O2. The molecule has 6 nitrogen and oxygen atoms in total. The second-order valence-electron chi connectivity index (χ2n) is 5.11. The van der Waals surface area contributed by atoms with E-state index in [1.165, 1.54) is 0 Å². The van der Waals surface area contributed by atoms with Gasteiger partial charge in [0.2, 0.25) is 5.88 Å². The largest absolute Gasteiger partial charge is 0.473 e. The lowest BCUT2D eigenvalue weighted by molar-refractivity contribution is 0.102. The van der Waals surface area contributed by atoms with Crippen LogP contribution in [0.5, 0.6) is 5.88 Å². The van der Waals surface area contributed by atoms with Crippen LogP contribution in [0.4, 0.5) is 5.69 Å². The first-order valence-corrected chi connectivity index (χ1v) is 7.37. The van der Waals surface area contributed by atoms with E-state index in [1.807, 2.05) is 0 Å². The average Bonchev–Trinajstić information content (AvgIpc) is 2.58. The highest BCUT2D eigenvalue weighted by Gasteiger charge is 2.18. The van der Waals surface area contributed by atoms with Crippen molar-refractivity contribution in [2.75, 3.05) is 18.4 Å². The molecule has 3 rings (SSSR count). The van der Waals surface area contributed by atoms with Crippen molar-refractivity contribution in [3.05, 3.63) is 48.4 Å². The van der Waals surface area contributed by atoms with Gasteiger partial charge in [0.15, 0.2) is 0 Å². The molecule has 0 bridgehead atoms. The quantitative estimate of drug-likeness (QED) is 0.901. The number of rotatable bonds is 4. The Morgan fingerprint density at radius 1 is 1.18 bits per heavy atom. The van der Waals surface area contributed by atoms with Crippen molar-refractivity contribution < 1.29 is 9.53 Å². The second kappa shape index (κ2) is 7.00. The van der Waals surface area contributed by atoms with E-state index >= 15 is 0 Å². The van der Waals surface area contributed by atoms with Crippen LogP contribution in [0.2, 0.25) is 0 Å². The summed E-state index contributed by atoms with van der Waals surface area (Å²) in [4.78, 5) is 20.4. The molecule has 0 radical (unpaired) electrons. The molecule has 1 aliphatic rings.